The molecule has 0 amide bonds. The van der Waals surface area contributed by atoms with Gasteiger partial charge >= 0.3 is 0 Å². The van der Waals surface area contributed by atoms with Crippen LogP contribution in [0.3, 0.4) is 0 Å². The Labute approximate surface area is 118 Å². The Morgan fingerprint density at radius 2 is 2.10 bits per heavy atom. The highest BCUT2D eigenvalue weighted by atomic mass is 19.1. The van der Waals surface area contributed by atoms with Gasteiger partial charge in [0.05, 0.1) is 12.7 Å². The minimum absolute atomic E-state index is 0.171. The van der Waals surface area contributed by atoms with E-state index in [1.807, 2.05) is 36.1 Å². The lowest BCUT2D eigenvalue weighted by molar-refractivity contribution is 0.450. The monoisotopic (exact) mass is 273 g/mol. The average molecular weight is 273 g/mol. The Bertz CT molecular complexity index is 557. The number of hydrogen-bond acceptors (Lipinski definition) is 2. The fourth-order valence-electron chi connectivity index (χ4n) is 2.58. The highest BCUT2D eigenvalue weighted by Crippen LogP contribution is 2.40. The number of nitrogens with zero attached hydrogens (tertiary/aromatic N) is 2. The van der Waals surface area contributed by atoms with Crippen LogP contribution >= 0.6 is 0 Å². The average Bonchev–Trinajstić information content (AvgIpc) is 3.19. The van der Waals surface area contributed by atoms with Crippen molar-refractivity contribution in [3.8, 4) is 0 Å². The lowest BCUT2D eigenvalue weighted by Gasteiger charge is -2.19. The topological polar surface area (TPSA) is 29.9 Å². The van der Waals surface area contributed by atoms with Gasteiger partial charge in [0.25, 0.3) is 0 Å². The molecule has 0 radical (unpaired) electrons. The van der Waals surface area contributed by atoms with E-state index in [1.54, 1.807) is 12.1 Å². The van der Waals surface area contributed by atoms with E-state index in [9.17, 15) is 4.39 Å². The maximum atomic E-state index is 13.0. The lowest BCUT2D eigenvalue weighted by atomic mass is 10.0. The summed E-state index contributed by atoms with van der Waals surface area (Å²) in [5.74, 6) is 0.523. The van der Waals surface area contributed by atoms with Crippen LogP contribution in [0.25, 0.3) is 0 Å². The molecule has 2 aromatic rings. The number of halogens is 1. The third-order valence-corrected chi connectivity index (χ3v) is 3.79. The van der Waals surface area contributed by atoms with Gasteiger partial charge in [-0.15, -0.1) is 0 Å². The molecule has 106 valence electrons. The summed E-state index contributed by atoms with van der Waals surface area (Å²) in [6, 6.07) is 7.21. The van der Waals surface area contributed by atoms with Gasteiger partial charge in [-0.25, -0.2) is 4.39 Å². The maximum Gasteiger partial charge on any atom is 0.123 e. The third-order valence-electron chi connectivity index (χ3n) is 3.79. The zero-order chi connectivity index (χ0) is 13.9. The molecular weight excluding hydrogens is 253 g/mol. The van der Waals surface area contributed by atoms with Crippen LogP contribution in [-0.2, 0) is 6.54 Å². The quantitative estimate of drug-likeness (QED) is 0.876. The Kier molecular flexibility index (Phi) is 3.83. The van der Waals surface area contributed by atoms with E-state index >= 15 is 0 Å². The van der Waals surface area contributed by atoms with Crippen molar-refractivity contribution in [2.45, 2.75) is 32.4 Å². The SMILES string of the molecule is Cc1cnn(CCNC(c2ccc(F)cc2)C2CC2)c1. The Balaban J connectivity index is 1.59. The molecule has 1 saturated carbocycles. The predicted molar refractivity (Wildman–Crippen MR) is 76.8 cm³/mol. The normalized spacial score (nSPS) is 16.3. The summed E-state index contributed by atoms with van der Waals surface area (Å²) >= 11 is 0. The molecule has 0 aliphatic heterocycles. The zero-order valence-electron chi connectivity index (χ0n) is 11.7. The Morgan fingerprint density at radius 1 is 1.35 bits per heavy atom. The smallest absolute Gasteiger partial charge is 0.123 e. The first kappa shape index (κ1) is 13.3. The van der Waals surface area contributed by atoms with Gasteiger partial charge in [-0.1, -0.05) is 12.1 Å². The molecule has 3 rings (SSSR count). The largest absolute Gasteiger partial charge is 0.308 e. The van der Waals surface area contributed by atoms with Crippen molar-refractivity contribution in [3.05, 3.63) is 53.6 Å². The molecule has 0 bridgehead atoms. The Hall–Kier alpha value is -1.68. The third kappa shape index (κ3) is 3.25. The van der Waals surface area contributed by atoms with Crippen molar-refractivity contribution in [1.82, 2.24) is 15.1 Å². The van der Waals surface area contributed by atoms with Gasteiger partial charge in [0.15, 0.2) is 0 Å². The van der Waals surface area contributed by atoms with E-state index in [-0.39, 0.29) is 5.82 Å². The standard InChI is InChI=1S/C16H20FN3/c1-12-10-19-20(11-12)9-8-18-16(13-2-3-13)14-4-6-15(17)7-5-14/h4-7,10-11,13,16,18H,2-3,8-9H2,1H3. The summed E-state index contributed by atoms with van der Waals surface area (Å²) in [5.41, 5.74) is 2.37. The second-order valence-electron chi connectivity index (χ2n) is 5.60. The molecule has 1 heterocycles. The minimum Gasteiger partial charge on any atom is -0.308 e. The zero-order valence-corrected chi connectivity index (χ0v) is 11.7. The molecule has 20 heavy (non-hydrogen) atoms. The van der Waals surface area contributed by atoms with Crippen molar-refractivity contribution in [3.63, 3.8) is 0 Å². The Morgan fingerprint density at radius 3 is 2.70 bits per heavy atom. The molecule has 1 aromatic heterocycles. The van der Waals surface area contributed by atoms with Gasteiger partial charge in [-0.3, -0.25) is 4.68 Å². The predicted octanol–water partition coefficient (Wildman–Crippen LogP) is 3.07. The fraction of sp³-hybridized carbons (Fsp3) is 0.438. The summed E-state index contributed by atoms with van der Waals surface area (Å²) in [5, 5.41) is 7.88. The van der Waals surface area contributed by atoms with Gasteiger partial charge in [0.2, 0.25) is 0 Å². The summed E-state index contributed by atoms with van der Waals surface area (Å²) in [4.78, 5) is 0. The molecule has 3 nitrogen and oxygen atoms in total. The van der Waals surface area contributed by atoms with Gasteiger partial charge in [-0.05, 0) is 48.9 Å². The molecule has 1 aliphatic carbocycles. The molecule has 1 fully saturated rings. The van der Waals surface area contributed by atoms with Crippen molar-refractivity contribution >= 4 is 0 Å². The molecule has 1 aliphatic rings. The van der Waals surface area contributed by atoms with E-state index in [0.717, 1.165) is 13.1 Å². The highest BCUT2D eigenvalue weighted by Gasteiger charge is 2.31. The number of hydrogen-bond donors (Lipinski definition) is 1. The number of aromatic nitrogens is 2. The number of benzene rings is 1. The summed E-state index contributed by atoms with van der Waals surface area (Å²) in [7, 11) is 0. The molecule has 1 unspecified atom stereocenters. The first-order chi connectivity index (χ1) is 9.72. The van der Waals surface area contributed by atoms with Crippen LogP contribution in [0.15, 0.2) is 36.7 Å². The molecule has 0 spiro atoms. The van der Waals surface area contributed by atoms with Gasteiger partial charge in [0, 0.05) is 18.8 Å². The second-order valence-corrected chi connectivity index (χ2v) is 5.60. The van der Waals surface area contributed by atoms with Gasteiger partial charge in [-0.2, -0.15) is 5.10 Å². The van der Waals surface area contributed by atoms with Crippen LogP contribution in [0.4, 0.5) is 4.39 Å². The van der Waals surface area contributed by atoms with E-state index in [1.165, 1.54) is 24.0 Å². The molecule has 1 atom stereocenters. The molecular formula is C16H20FN3. The minimum atomic E-state index is -0.171. The van der Waals surface area contributed by atoms with Gasteiger partial charge < -0.3 is 5.32 Å². The van der Waals surface area contributed by atoms with E-state index in [2.05, 4.69) is 10.4 Å². The van der Waals surface area contributed by atoms with Crippen LogP contribution in [-0.4, -0.2) is 16.3 Å². The number of rotatable bonds is 6. The van der Waals surface area contributed by atoms with E-state index in [4.69, 9.17) is 0 Å². The lowest BCUT2D eigenvalue weighted by Crippen LogP contribution is -2.27. The second kappa shape index (κ2) is 5.75. The first-order valence-electron chi connectivity index (χ1n) is 7.20. The van der Waals surface area contributed by atoms with Crippen molar-refractivity contribution < 1.29 is 4.39 Å². The van der Waals surface area contributed by atoms with Crippen molar-refractivity contribution in [2.24, 2.45) is 5.92 Å². The molecule has 4 heteroatoms. The van der Waals surface area contributed by atoms with Crippen LogP contribution in [0.1, 0.15) is 30.0 Å². The highest BCUT2D eigenvalue weighted by molar-refractivity contribution is 5.22. The van der Waals surface area contributed by atoms with Crippen LogP contribution in [0.5, 0.6) is 0 Å². The van der Waals surface area contributed by atoms with Crippen LogP contribution < -0.4 is 5.32 Å². The number of aryl methyl sites for hydroxylation is 1. The summed E-state index contributed by atoms with van der Waals surface area (Å²) in [6.45, 7) is 3.78. The van der Waals surface area contributed by atoms with Gasteiger partial charge in [0.1, 0.15) is 5.82 Å². The van der Waals surface area contributed by atoms with Crippen LogP contribution in [0.2, 0.25) is 0 Å². The van der Waals surface area contributed by atoms with Crippen molar-refractivity contribution in [2.75, 3.05) is 6.54 Å². The summed E-state index contributed by atoms with van der Waals surface area (Å²) in [6.07, 6.45) is 6.44. The van der Waals surface area contributed by atoms with E-state index < -0.39 is 0 Å². The molecule has 1 aromatic carbocycles. The van der Waals surface area contributed by atoms with Crippen LogP contribution in [0, 0.1) is 18.7 Å². The fourth-order valence-corrected chi connectivity index (χ4v) is 2.58. The van der Waals surface area contributed by atoms with Crippen molar-refractivity contribution in [1.29, 1.82) is 0 Å². The molecule has 1 N–H and O–H groups in total. The first-order valence-corrected chi connectivity index (χ1v) is 7.20. The molecule has 0 saturated heterocycles. The van der Waals surface area contributed by atoms with E-state index in [0.29, 0.717) is 12.0 Å². The maximum absolute atomic E-state index is 13.0. The number of nitrogens with one attached hydrogen (secondary N) is 1. The summed E-state index contributed by atoms with van der Waals surface area (Å²) < 4.78 is 15.0.